The predicted molar refractivity (Wildman–Crippen MR) is 138 cm³/mol. The van der Waals surface area contributed by atoms with Gasteiger partial charge in [0, 0.05) is 37.9 Å². The number of sulfonamides is 1. The van der Waals surface area contributed by atoms with E-state index in [2.05, 4.69) is 15.1 Å². The average molecular weight is 531 g/mol. The minimum absolute atomic E-state index is 0.345. The number of aromatic nitrogens is 4. The van der Waals surface area contributed by atoms with Crippen LogP contribution in [-0.2, 0) is 10.0 Å². The summed E-state index contributed by atoms with van der Waals surface area (Å²) in [6, 6.07) is 11.0. The number of hydrogen-bond donors (Lipinski definition) is 0. The van der Waals surface area contributed by atoms with Crippen LogP contribution in [0.4, 0.5) is 5.95 Å². The highest BCUT2D eigenvalue weighted by Gasteiger charge is 2.32. The van der Waals surface area contributed by atoms with Gasteiger partial charge in [0.25, 0.3) is 5.78 Å². The van der Waals surface area contributed by atoms with Crippen LogP contribution in [0.1, 0.15) is 16.7 Å². The lowest BCUT2D eigenvalue weighted by Gasteiger charge is -2.33. The van der Waals surface area contributed by atoms with Crippen LogP contribution in [0.3, 0.4) is 0 Å². The van der Waals surface area contributed by atoms with Gasteiger partial charge in [-0.05, 0) is 50.1 Å². The Hall–Kier alpha value is -2.72. The Morgan fingerprint density at radius 1 is 0.886 bits per heavy atom. The highest BCUT2D eigenvalue weighted by molar-refractivity contribution is 7.89. The molecule has 0 atom stereocenters. The summed E-state index contributed by atoms with van der Waals surface area (Å²) < 4.78 is 30.0. The number of aryl methyl sites for hydroxylation is 3. The quantitative estimate of drug-likeness (QED) is 0.385. The standard InChI is InChI=1S/C24H24Cl2N6O2S/c1-15-12-16(2)22(17(3)13-15)35(33,34)31-10-8-30(9-11-31)24-28-23-27-7-6-21(32(23)29-24)18-4-5-19(25)20(26)14-18/h4-7,12-14H,8-11H2,1-3H3. The molecule has 2 aromatic heterocycles. The number of anilines is 1. The first-order valence-corrected chi connectivity index (χ1v) is 13.3. The number of fused-ring (bicyclic) bond motifs is 1. The number of hydrogen-bond acceptors (Lipinski definition) is 6. The zero-order chi connectivity index (χ0) is 24.9. The van der Waals surface area contributed by atoms with Gasteiger partial charge in [0.15, 0.2) is 0 Å². The molecule has 0 N–H and O–H groups in total. The second kappa shape index (κ2) is 9.05. The molecule has 0 aliphatic carbocycles. The van der Waals surface area contributed by atoms with E-state index < -0.39 is 10.0 Å². The molecule has 3 heterocycles. The van der Waals surface area contributed by atoms with E-state index in [1.54, 1.807) is 27.2 Å². The van der Waals surface area contributed by atoms with E-state index in [0.717, 1.165) is 27.9 Å². The molecule has 11 heteroatoms. The van der Waals surface area contributed by atoms with Gasteiger partial charge in [-0.15, -0.1) is 5.10 Å². The van der Waals surface area contributed by atoms with Crippen LogP contribution in [-0.4, -0.2) is 58.5 Å². The molecule has 1 saturated heterocycles. The normalized spacial score (nSPS) is 15.2. The van der Waals surface area contributed by atoms with Gasteiger partial charge in [0.1, 0.15) is 0 Å². The average Bonchev–Trinajstić information content (AvgIpc) is 3.25. The molecule has 0 radical (unpaired) electrons. The molecule has 35 heavy (non-hydrogen) atoms. The summed E-state index contributed by atoms with van der Waals surface area (Å²) in [6.45, 7) is 7.31. The molecular formula is C24H24Cl2N6O2S. The first-order chi connectivity index (χ1) is 16.6. The summed E-state index contributed by atoms with van der Waals surface area (Å²) in [5.74, 6) is 0.953. The van der Waals surface area contributed by atoms with Crippen molar-refractivity contribution in [3.63, 3.8) is 0 Å². The summed E-state index contributed by atoms with van der Waals surface area (Å²) in [5, 5.41) is 5.60. The topological polar surface area (TPSA) is 83.7 Å². The molecule has 1 fully saturated rings. The van der Waals surface area contributed by atoms with E-state index in [1.165, 1.54) is 0 Å². The molecular weight excluding hydrogens is 507 g/mol. The largest absolute Gasteiger partial charge is 0.337 e. The van der Waals surface area contributed by atoms with Gasteiger partial charge in [0.05, 0.1) is 20.6 Å². The van der Waals surface area contributed by atoms with Crippen LogP contribution in [0.2, 0.25) is 10.0 Å². The Bertz CT molecular complexity index is 1520. The maximum Gasteiger partial charge on any atom is 0.254 e. The molecule has 0 spiro atoms. The van der Waals surface area contributed by atoms with E-state index in [1.807, 2.05) is 49.9 Å². The van der Waals surface area contributed by atoms with Crippen LogP contribution in [0.5, 0.6) is 0 Å². The van der Waals surface area contributed by atoms with Crippen LogP contribution in [0, 0.1) is 20.8 Å². The van der Waals surface area contributed by atoms with E-state index in [-0.39, 0.29) is 0 Å². The Balaban J connectivity index is 1.39. The van der Waals surface area contributed by atoms with Gasteiger partial charge < -0.3 is 4.90 Å². The first kappa shape index (κ1) is 24.0. The lowest BCUT2D eigenvalue weighted by molar-refractivity contribution is 0.382. The van der Waals surface area contributed by atoms with Crippen molar-refractivity contribution in [2.75, 3.05) is 31.1 Å². The maximum atomic E-state index is 13.4. The van der Waals surface area contributed by atoms with Gasteiger partial charge in [-0.25, -0.2) is 13.4 Å². The van der Waals surface area contributed by atoms with Crippen molar-refractivity contribution < 1.29 is 8.42 Å². The third-order valence-corrected chi connectivity index (χ3v) is 9.11. The van der Waals surface area contributed by atoms with E-state index >= 15 is 0 Å². The highest BCUT2D eigenvalue weighted by atomic mass is 35.5. The van der Waals surface area contributed by atoms with Crippen molar-refractivity contribution in [2.45, 2.75) is 25.7 Å². The molecule has 1 aliphatic heterocycles. The molecule has 0 saturated carbocycles. The smallest absolute Gasteiger partial charge is 0.254 e. The van der Waals surface area contributed by atoms with E-state index in [4.69, 9.17) is 23.2 Å². The van der Waals surface area contributed by atoms with Crippen LogP contribution < -0.4 is 4.90 Å². The molecule has 1 aliphatic rings. The highest BCUT2D eigenvalue weighted by Crippen LogP contribution is 2.29. The minimum atomic E-state index is -3.60. The number of halogens is 2. The minimum Gasteiger partial charge on any atom is -0.337 e. The maximum absolute atomic E-state index is 13.4. The Morgan fingerprint density at radius 3 is 2.23 bits per heavy atom. The SMILES string of the molecule is Cc1cc(C)c(S(=O)(=O)N2CCN(c3nc4nccc(-c5ccc(Cl)c(Cl)c5)n4n3)CC2)c(C)c1. The fourth-order valence-corrected chi connectivity index (χ4v) is 6.75. The summed E-state index contributed by atoms with van der Waals surface area (Å²) >= 11 is 12.3. The van der Waals surface area contributed by atoms with Crippen molar-refractivity contribution in [3.05, 3.63) is 69.3 Å². The number of rotatable bonds is 4. The van der Waals surface area contributed by atoms with Crippen LogP contribution in [0.15, 0.2) is 47.5 Å². The lowest BCUT2D eigenvalue weighted by Crippen LogP contribution is -2.49. The third-order valence-electron chi connectivity index (χ3n) is 6.17. The zero-order valence-corrected chi connectivity index (χ0v) is 21.9. The first-order valence-electron chi connectivity index (χ1n) is 11.2. The molecule has 2 aromatic carbocycles. The summed E-state index contributed by atoms with van der Waals surface area (Å²) in [5.41, 5.74) is 4.21. The molecule has 8 nitrogen and oxygen atoms in total. The number of piperazine rings is 1. The second-order valence-corrected chi connectivity index (χ2v) is 11.4. The monoisotopic (exact) mass is 530 g/mol. The molecule has 5 rings (SSSR count). The van der Waals surface area contributed by atoms with Crippen LogP contribution >= 0.6 is 23.2 Å². The second-order valence-electron chi connectivity index (χ2n) is 8.70. The van der Waals surface area contributed by atoms with Gasteiger partial charge in [0.2, 0.25) is 16.0 Å². The number of benzene rings is 2. The van der Waals surface area contributed by atoms with Crippen molar-refractivity contribution in [1.82, 2.24) is 23.9 Å². The Kier molecular flexibility index (Phi) is 6.21. The van der Waals surface area contributed by atoms with Crippen LogP contribution in [0.25, 0.3) is 17.0 Å². The molecule has 4 aromatic rings. The van der Waals surface area contributed by atoms with E-state index in [0.29, 0.717) is 52.8 Å². The fraction of sp³-hybridized carbons (Fsp3) is 0.292. The predicted octanol–water partition coefficient (Wildman–Crippen LogP) is 4.53. The van der Waals surface area contributed by atoms with Crippen molar-refractivity contribution in [1.29, 1.82) is 0 Å². The molecule has 182 valence electrons. The zero-order valence-electron chi connectivity index (χ0n) is 19.5. The van der Waals surface area contributed by atoms with Gasteiger partial charge in [-0.2, -0.15) is 13.8 Å². The van der Waals surface area contributed by atoms with Gasteiger partial charge in [-0.1, -0.05) is 47.0 Å². The van der Waals surface area contributed by atoms with Gasteiger partial charge >= 0.3 is 0 Å². The summed E-state index contributed by atoms with van der Waals surface area (Å²) in [6.07, 6.45) is 1.67. The summed E-state index contributed by atoms with van der Waals surface area (Å²) in [7, 11) is -3.60. The fourth-order valence-electron chi connectivity index (χ4n) is 4.62. The third kappa shape index (κ3) is 4.38. The van der Waals surface area contributed by atoms with E-state index in [9.17, 15) is 8.42 Å². The van der Waals surface area contributed by atoms with Crippen molar-refractivity contribution >= 4 is 45.0 Å². The van der Waals surface area contributed by atoms with Crippen molar-refractivity contribution in [3.8, 4) is 11.3 Å². The number of nitrogens with zero attached hydrogens (tertiary/aromatic N) is 6. The summed E-state index contributed by atoms with van der Waals surface area (Å²) in [4.78, 5) is 11.3. The lowest BCUT2D eigenvalue weighted by atomic mass is 10.1. The van der Waals surface area contributed by atoms with Crippen molar-refractivity contribution in [2.24, 2.45) is 0 Å². The Labute approximate surface area is 214 Å². The molecule has 0 bridgehead atoms. The Morgan fingerprint density at radius 2 is 1.57 bits per heavy atom. The molecule has 0 unspecified atom stereocenters. The molecule has 0 amide bonds. The van der Waals surface area contributed by atoms with Gasteiger partial charge in [-0.3, -0.25) is 0 Å².